The molecule has 0 unspecified atom stereocenters. The van der Waals surface area contributed by atoms with Gasteiger partial charge in [0.25, 0.3) is 0 Å². The van der Waals surface area contributed by atoms with Crippen LogP contribution in [0.4, 0.5) is 17.1 Å². The van der Waals surface area contributed by atoms with Crippen LogP contribution < -0.4 is 14.2 Å². The molecule has 0 aliphatic carbocycles. The molecule has 0 amide bonds. The molecule has 7 nitrogen and oxygen atoms in total. The SMILES string of the molecule is CCOc1ccc(N=C(C)/C(C)=C(/C)[NH-])cc1.CCOc1ccc(N=C(C)C(C)=C(C)[N-]c2ccc(OCC)cc2)cc1.[Zn+2]. The smallest absolute Gasteiger partial charge is 0.702 e. The van der Waals surface area contributed by atoms with Crippen LogP contribution in [-0.2, 0) is 19.5 Å². The van der Waals surface area contributed by atoms with Gasteiger partial charge in [-0.3, -0.25) is 9.98 Å². The van der Waals surface area contributed by atoms with Crippen LogP contribution in [0.2, 0.25) is 0 Å². The van der Waals surface area contributed by atoms with Crippen molar-refractivity contribution in [2.45, 2.75) is 62.3 Å². The zero-order valence-electron chi connectivity index (χ0n) is 27.8. The van der Waals surface area contributed by atoms with Crippen molar-refractivity contribution in [2.75, 3.05) is 19.8 Å². The van der Waals surface area contributed by atoms with Crippen molar-refractivity contribution in [1.29, 1.82) is 0 Å². The van der Waals surface area contributed by atoms with Gasteiger partial charge in [0.2, 0.25) is 0 Å². The first-order valence-corrected chi connectivity index (χ1v) is 14.7. The van der Waals surface area contributed by atoms with Gasteiger partial charge in [0.15, 0.2) is 0 Å². The number of benzene rings is 3. The van der Waals surface area contributed by atoms with Gasteiger partial charge >= 0.3 is 19.5 Å². The summed E-state index contributed by atoms with van der Waals surface area (Å²) >= 11 is 0. The average molecular weight is 648 g/mol. The molecule has 1 N–H and O–H groups in total. The third kappa shape index (κ3) is 13.2. The number of hydrogen-bond acceptors (Lipinski definition) is 5. The summed E-state index contributed by atoms with van der Waals surface area (Å²) in [7, 11) is 0. The molecule has 3 aromatic carbocycles. The number of allylic oxidation sites excluding steroid dienone is 4. The minimum atomic E-state index is 0. The molecular weight excluding hydrogens is 602 g/mol. The van der Waals surface area contributed by atoms with Gasteiger partial charge in [0.1, 0.15) is 17.2 Å². The molecule has 0 radical (unpaired) electrons. The van der Waals surface area contributed by atoms with Crippen molar-refractivity contribution >= 4 is 28.5 Å². The van der Waals surface area contributed by atoms with Gasteiger partial charge in [0.05, 0.1) is 31.2 Å². The van der Waals surface area contributed by atoms with Crippen LogP contribution >= 0.6 is 0 Å². The van der Waals surface area contributed by atoms with E-state index >= 15 is 0 Å². The Hall–Kier alpha value is -3.90. The van der Waals surface area contributed by atoms with E-state index in [1.54, 1.807) is 6.92 Å². The van der Waals surface area contributed by atoms with Crippen molar-refractivity contribution in [1.82, 2.24) is 0 Å². The molecule has 44 heavy (non-hydrogen) atoms. The van der Waals surface area contributed by atoms with Crippen molar-refractivity contribution in [3.8, 4) is 17.2 Å². The van der Waals surface area contributed by atoms with E-state index in [0.29, 0.717) is 25.5 Å². The summed E-state index contributed by atoms with van der Waals surface area (Å²) in [4.78, 5) is 9.15. The Morgan fingerprint density at radius 3 is 1.25 bits per heavy atom. The van der Waals surface area contributed by atoms with Crippen LogP contribution in [0.3, 0.4) is 0 Å². The average Bonchev–Trinajstić information content (AvgIpc) is 3.00. The summed E-state index contributed by atoms with van der Waals surface area (Å²) in [6, 6.07) is 23.2. The molecule has 0 fully saturated rings. The first-order valence-electron chi connectivity index (χ1n) is 14.7. The number of nitrogens with zero attached hydrogens (tertiary/aromatic N) is 3. The van der Waals surface area contributed by atoms with Crippen molar-refractivity contribution < 1.29 is 33.7 Å². The van der Waals surface area contributed by atoms with Gasteiger partial charge in [-0.25, -0.2) is 0 Å². The number of nitrogens with one attached hydrogen (secondary N) is 1. The van der Waals surface area contributed by atoms with Crippen LogP contribution in [-0.4, -0.2) is 31.2 Å². The van der Waals surface area contributed by atoms with Gasteiger partial charge in [-0.2, -0.15) is 11.4 Å². The number of ether oxygens (including phenoxy) is 3. The van der Waals surface area contributed by atoms with Gasteiger partial charge in [0, 0.05) is 11.4 Å². The Balaban J connectivity index is 0.000000469. The summed E-state index contributed by atoms with van der Waals surface area (Å²) in [6.07, 6.45) is 0. The summed E-state index contributed by atoms with van der Waals surface area (Å²) < 4.78 is 16.3. The molecule has 3 aromatic rings. The van der Waals surface area contributed by atoms with Crippen LogP contribution in [0.1, 0.15) is 62.3 Å². The Labute approximate surface area is 277 Å². The van der Waals surface area contributed by atoms with Gasteiger partial charge in [-0.15, -0.1) is 5.69 Å². The van der Waals surface area contributed by atoms with Crippen molar-refractivity contribution in [3.05, 3.63) is 106 Å². The summed E-state index contributed by atoms with van der Waals surface area (Å²) in [6.45, 7) is 19.6. The molecule has 0 aliphatic heterocycles. The second kappa shape index (κ2) is 20.1. The first-order chi connectivity index (χ1) is 20.6. The standard InChI is InChI=1S/C22H27N2O2.C14H19N2O.Zn/c1-6-25-21-12-8-19(9-13-21)23-17(4)16(3)18(5)24-20-10-14-22(15-11-20)26-7-2;1-5-17-14-8-6-13(7-9-14)16-12(4)10(2)11(3)15;/h8-15H,6-7H2,1-5H3;6-9,15H,5H2,1-4H3;/q2*-1;+2/b;11-10-,16-12?;. The van der Waals surface area contributed by atoms with Crippen molar-refractivity contribution in [2.24, 2.45) is 9.98 Å². The van der Waals surface area contributed by atoms with Crippen molar-refractivity contribution in [3.63, 3.8) is 0 Å². The molecule has 0 spiro atoms. The zero-order valence-corrected chi connectivity index (χ0v) is 30.8. The van der Waals surface area contributed by atoms with Gasteiger partial charge < -0.3 is 25.3 Å². The minimum Gasteiger partial charge on any atom is -0.702 e. The quantitative estimate of drug-likeness (QED) is 0.145. The fourth-order valence-corrected chi connectivity index (χ4v) is 3.72. The minimum absolute atomic E-state index is 0. The molecule has 0 atom stereocenters. The van der Waals surface area contributed by atoms with E-state index in [1.165, 1.54) is 0 Å². The topological polar surface area (TPSA) is 90.3 Å². The molecule has 3 rings (SSSR count). The summed E-state index contributed by atoms with van der Waals surface area (Å²) in [5.74, 6) is 2.57. The Bertz CT molecular complexity index is 1410. The Morgan fingerprint density at radius 2 is 0.909 bits per heavy atom. The predicted molar refractivity (Wildman–Crippen MR) is 182 cm³/mol. The van der Waals surface area contributed by atoms with E-state index in [9.17, 15) is 0 Å². The summed E-state index contributed by atoms with van der Waals surface area (Å²) in [5, 5.41) is 4.68. The Morgan fingerprint density at radius 1 is 0.568 bits per heavy atom. The van der Waals surface area contributed by atoms with Crippen LogP contribution in [0.15, 0.2) is 105 Å². The largest absolute Gasteiger partial charge is 2.00 e. The fourth-order valence-electron chi connectivity index (χ4n) is 3.72. The zero-order chi connectivity index (χ0) is 31.8. The number of aliphatic imine (C=N–C) groups is 2. The third-order valence-electron chi connectivity index (χ3n) is 6.52. The molecule has 0 saturated carbocycles. The third-order valence-corrected chi connectivity index (χ3v) is 6.52. The number of hydrogen-bond donors (Lipinski definition) is 0. The van der Waals surface area contributed by atoms with E-state index < -0.39 is 0 Å². The van der Waals surface area contributed by atoms with Crippen LogP contribution in [0, 0.1) is 0 Å². The second-order valence-corrected chi connectivity index (χ2v) is 9.75. The molecular formula is C36H46N4O3Zn. The van der Waals surface area contributed by atoms with E-state index in [4.69, 9.17) is 19.9 Å². The van der Waals surface area contributed by atoms with Crippen LogP contribution in [0.5, 0.6) is 17.2 Å². The summed E-state index contributed by atoms with van der Waals surface area (Å²) in [5.41, 5.74) is 15.5. The monoisotopic (exact) mass is 646 g/mol. The first kappa shape index (κ1) is 38.1. The second-order valence-electron chi connectivity index (χ2n) is 9.75. The fraction of sp³-hybridized carbons (Fsp3) is 0.333. The molecule has 8 heteroatoms. The molecule has 0 aromatic heterocycles. The maximum atomic E-state index is 7.55. The van der Waals surface area contributed by atoms with Gasteiger partial charge in [-0.1, -0.05) is 26.0 Å². The van der Waals surface area contributed by atoms with E-state index in [1.807, 2.05) is 128 Å². The van der Waals surface area contributed by atoms with Gasteiger partial charge in [-0.05, 0) is 120 Å². The molecule has 0 bridgehead atoms. The van der Waals surface area contributed by atoms with E-state index in [2.05, 4.69) is 15.3 Å². The molecule has 0 heterocycles. The maximum absolute atomic E-state index is 7.55. The Kier molecular flexibility index (Phi) is 17.4. The molecule has 0 saturated heterocycles. The maximum Gasteiger partial charge on any atom is 2.00 e. The predicted octanol–water partition coefficient (Wildman–Crippen LogP) is 11.1. The molecule has 230 valence electrons. The molecule has 0 aliphatic rings. The van der Waals surface area contributed by atoms with Crippen LogP contribution in [0.25, 0.3) is 11.1 Å². The number of rotatable bonds is 12. The normalized spacial score (nSPS) is 12.5. The van der Waals surface area contributed by atoms with E-state index in [0.717, 1.165) is 62.6 Å². The van der Waals surface area contributed by atoms with E-state index in [-0.39, 0.29) is 19.5 Å².